The molecule has 0 unspecified atom stereocenters. The molecular weight excluding hydrogens is 214 g/mol. The lowest BCUT2D eigenvalue weighted by atomic mass is 9.96. The van der Waals surface area contributed by atoms with Gasteiger partial charge in [0.2, 0.25) is 0 Å². The van der Waals surface area contributed by atoms with Crippen LogP contribution in [0.1, 0.15) is 31.1 Å². The van der Waals surface area contributed by atoms with E-state index in [1.807, 2.05) is 0 Å². The first-order chi connectivity index (χ1) is 7.38. The summed E-state index contributed by atoms with van der Waals surface area (Å²) in [6, 6.07) is 2.79. The summed E-state index contributed by atoms with van der Waals surface area (Å²) in [6.07, 6.45) is 0. The third kappa shape index (κ3) is 2.64. The van der Waals surface area contributed by atoms with Crippen LogP contribution >= 0.6 is 0 Å². The van der Waals surface area contributed by atoms with Crippen molar-refractivity contribution in [1.82, 2.24) is 0 Å². The van der Waals surface area contributed by atoms with Gasteiger partial charge in [0.05, 0.1) is 5.56 Å². The Morgan fingerprint density at radius 1 is 1.38 bits per heavy atom. The summed E-state index contributed by atoms with van der Waals surface area (Å²) in [5, 5.41) is 0. The van der Waals surface area contributed by atoms with Gasteiger partial charge in [0.25, 0.3) is 0 Å². The number of ether oxygens (including phenoxy) is 1. The maximum atomic E-state index is 13.3. The van der Waals surface area contributed by atoms with Crippen LogP contribution < -0.4 is 0 Å². The van der Waals surface area contributed by atoms with Gasteiger partial charge < -0.3 is 4.74 Å². The Morgan fingerprint density at radius 2 is 2.00 bits per heavy atom. The summed E-state index contributed by atoms with van der Waals surface area (Å²) < 4.78 is 31.5. The summed E-state index contributed by atoms with van der Waals surface area (Å²) in [5.74, 6) is -1.94. The summed E-state index contributed by atoms with van der Waals surface area (Å²) in [7, 11) is 0. The van der Waals surface area contributed by atoms with Crippen molar-refractivity contribution in [3.05, 3.63) is 35.4 Å². The number of Topliss-reactive ketones (excluding diaryl/α,β-unsaturated/α-hetero) is 1. The molecule has 0 bridgehead atoms. The zero-order valence-electron chi connectivity index (χ0n) is 9.51. The molecule has 88 valence electrons. The van der Waals surface area contributed by atoms with Gasteiger partial charge in [0, 0.05) is 6.61 Å². The fourth-order valence-electron chi connectivity index (χ4n) is 1.42. The van der Waals surface area contributed by atoms with Crippen molar-refractivity contribution in [3.63, 3.8) is 0 Å². The molecule has 16 heavy (non-hydrogen) atoms. The average molecular weight is 228 g/mol. The molecular formula is C12H14F2O2. The number of hydrogen-bond acceptors (Lipinski definition) is 2. The highest BCUT2D eigenvalue weighted by molar-refractivity contribution is 6.02. The molecule has 0 atom stereocenters. The van der Waals surface area contributed by atoms with E-state index in [9.17, 15) is 13.6 Å². The van der Waals surface area contributed by atoms with Crippen LogP contribution in [0.4, 0.5) is 8.78 Å². The Morgan fingerprint density at radius 3 is 2.56 bits per heavy atom. The third-order valence-corrected chi connectivity index (χ3v) is 2.23. The predicted molar refractivity (Wildman–Crippen MR) is 56.4 cm³/mol. The van der Waals surface area contributed by atoms with Crippen LogP contribution in [-0.2, 0) is 4.74 Å². The van der Waals surface area contributed by atoms with E-state index >= 15 is 0 Å². The molecule has 0 N–H and O–H groups in total. The van der Waals surface area contributed by atoms with Gasteiger partial charge in [0.15, 0.2) is 5.78 Å². The summed E-state index contributed by atoms with van der Waals surface area (Å²) in [4.78, 5) is 11.9. The highest BCUT2D eigenvalue weighted by Crippen LogP contribution is 2.20. The van der Waals surface area contributed by atoms with Gasteiger partial charge in [-0.2, -0.15) is 0 Å². The maximum absolute atomic E-state index is 13.3. The quantitative estimate of drug-likeness (QED) is 0.740. The van der Waals surface area contributed by atoms with Gasteiger partial charge in [-0.15, -0.1) is 0 Å². The summed E-state index contributed by atoms with van der Waals surface area (Å²) in [5.41, 5.74) is -1.43. The normalized spacial score (nSPS) is 11.6. The molecule has 0 saturated carbocycles. The zero-order valence-corrected chi connectivity index (χ0v) is 9.51. The van der Waals surface area contributed by atoms with E-state index in [1.54, 1.807) is 6.92 Å². The fourth-order valence-corrected chi connectivity index (χ4v) is 1.42. The smallest absolute Gasteiger partial charge is 0.197 e. The molecule has 0 radical (unpaired) electrons. The molecule has 0 aliphatic rings. The Balaban J connectivity index is 3.09. The van der Waals surface area contributed by atoms with E-state index in [4.69, 9.17) is 4.74 Å². The first-order valence-corrected chi connectivity index (χ1v) is 5.02. The first-order valence-electron chi connectivity index (χ1n) is 5.02. The lowest BCUT2D eigenvalue weighted by Crippen LogP contribution is -2.35. The van der Waals surface area contributed by atoms with E-state index in [1.165, 1.54) is 13.8 Å². The number of benzene rings is 1. The van der Waals surface area contributed by atoms with Crippen LogP contribution in [0.15, 0.2) is 18.2 Å². The van der Waals surface area contributed by atoms with E-state index in [-0.39, 0.29) is 5.56 Å². The SMILES string of the molecule is CCOC(C)(C)C(=O)c1cc(F)ccc1F. The number of carbonyl (C=O) groups excluding carboxylic acids is 1. The van der Waals surface area contributed by atoms with Gasteiger partial charge in [-0.05, 0) is 39.0 Å². The second kappa shape index (κ2) is 4.70. The van der Waals surface area contributed by atoms with Crippen molar-refractivity contribution in [2.75, 3.05) is 6.61 Å². The summed E-state index contributed by atoms with van der Waals surface area (Å²) in [6.45, 7) is 5.12. The molecule has 4 heteroatoms. The van der Waals surface area contributed by atoms with Gasteiger partial charge >= 0.3 is 0 Å². The van der Waals surface area contributed by atoms with E-state index in [0.29, 0.717) is 6.61 Å². The Kier molecular flexibility index (Phi) is 3.75. The van der Waals surface area contributed by atoms with E-state index < -0.39 is 23.0 Å². The van der Waals surface area contributed by atoms with Crippen molar-refractivity contribution in [2.24, 2.45) is 0 Å². The fraction of sp³-hybridized carbons (Fsp3) is 0.417. The number of hydrogen-bond donors (Lipinski definition) is 0. The van der Waals surface area contributed by atoms with Gasteiger partial charge in [-0.1, -0.05) is 0 Å². The monoisotopic (exact) mass is 228 g/mol. The Hall–Kier alpha value is -1.29. The molecule has 0 aliphatic heterocycles. The molecule has 1 rings (SSSR count). The van der Waals surface area contributed by atoms with Gasteiger partial charge in [-0.3, -0.25) is 4.79 Å². The number of rotatable bonds is 4. The molecule has 0 amide bonds. The van der Waals surface area contributed by atoms with Crippen molar-refractivity contribution in [1.29, 1.82) is 0 Å². The molecule has 0 saturated heterocycles. The lowest BCUT2D eigenvalue weighted by Gasteiger charge is -2.23. The Labute approximate surface area is 93.2 Å². The van der Waals surface area contributed by atoms with Gasteiger partial charge in [0.1, 0.15) is 17.2 Å². The van der Waals surface area contributed by atoms with Crippen molar-refractivity contribution in [2.45, 2.75) is 26.4 Å². The first kappa shape index (κ1) is 12.8. The molecule has 2 nitrogen and oxygen atoms in total. The van der Waals surface area contributed by atoms with Crippen molar-refractivity contribution in [3.8, 4) is 0 Å². The largest absolute Gasteiger partial charge is 0.368 e. The third-order valence-electron chi connectivity index (χ3n) is 2.23. The van der Waals surface area contributed by atoms with E-state index in [2.05, 4.69) is 0 Å². The molecule has 0 fully saturated rings. The van der Waals surface area contributed by atoms with Crippen molar-refractivity contribution >= 4 is 5.78 Å². The predicted octanol–water partition coefficient (Wildman–Crippen LogP) is 2.96. The summed E-state index contributed by atoms with van der Waals surface area (Å²) >= 11 is 0. The minimum Gasteiger partial charge on any atom is -0.368 e. The topological polar surface area (TPSA) is 26.3 Å². The van der Waals surface area contributed by atoms with Crippen LogP contribution in [0.2, 0.25) is 0 Å². The minimum atomic E-state index is -1.15. The molecule has 0 aliphatic carbocycles. The molecule has 0 aromatic heterocycles. The van der Waals surface area contributed by atoms with Crippen LogP contribution in [-0.4, -0.2) is 18.0 Å². The second-order valence-electron chi connectivity index (χ2n) is 3.90. The molecule has 0 heterocycles. The zero-order chi connectivity index (χ0) is 12.3. The van der Waals surface area contributed by atoms with Crippen LogP contribution in [0, 0.1) is 11.6 Å². The number of carbonyl (C=O) groups is 1. The lowest BCUT2D eigenvalue weighted by molar-refractivity contribution is 0.000927. The Bertz CT molecular complexity index is 400. The highest BCUT2D eigenvalue weighted by atomic mass is 19.1. The standard InChI is InChI=1S/C12H14F2O2/c1-4-16-12(2,3)11(15)9-7-8(13)5-6-10(9)14/h5-7H,4H2,1-3H3. The highest BCUT2D eigenvalue weighted by Gasteiger charge is 2.31. The molecule has 0 spiro atoms. The van der Waals surface area contributed by atoms with Gasteiger partial charge in [-0.25, -0.2) is 8.78 Å². The minimum absolute atomic E-state index is 0.279. The van der Waals surface area contributed by atoms with Crippen LogP contribution in [0.5, 0.6) is 0 Å². The molecule has 1 aromatic rings. The molecule has 1 aromatic carbocycles. The average Bonchev–Trinajstić information content (AvgIpc) is 2.20. The maximum Gasteiger partial charge on any atom is 0.197 e. The number of halogens is 2. The second-order valence-corrected chi connectivity index (χ2v) is 3.90. The van der Waals surface area contributed by atoms with Crippen LogP contribution in [0.25, 0.3) is 0 Å². The van der Waals surface area contributed by atoms with Crippen molar-refractivity contribution < 1.29 is 18.3 Å². The van der Waals surface area contributed by atoms with Crippen LogP contribution in [0.3, 0.4) is 0 Å². The van der Waals surface area contributed by atoms with E-state index in [0.717, 1.165) is 18.2 Å². The number of ketones is 1.